The van der Waals surface area contributed by atoms with E-state index in [-0.39, 0.29) is 0 Å². The van der Waals surface area contributed by atoms with E-state index < -0.39 is 0 Å². The molecular formula is C25H28BrNO3. The average Bonchev–Trinajstić information content (AvgIpc) is 2.76. The minimum absolute atomic E-state index is 0.496. The fourth-order valence-electron chi connectivity index (χ4n) is 3.23. The van der Waals surface area contributed by atoms with Gasteiger partial charge in [-0.3, -0.25) is 0 Å². The second-order valence-electron chi connectivity index (χ2n) is 7.16. The summed E-state index contributed by atoms with van der Waals surface area (Å²) in [6, 6.07) is 20.6. The van der Waals surface area contributed by atoms with E-state index in [4.69, 9.17) is 14.2 Å². The van der Waals surface area contributed by atoms with E-state index in [1.165, 1.54) is 11.1 Å². The maximum absolute atomic E-state index is 6.05. The van der Waals surface area contributed by atoms with Crippen LogP contribution in [0, 0.1) is 6.92 Å². The Balaban J connectivity index is 1.56. The summed E-state index contributed by atoms with van der Waals surface area (Å²) in [7, 11) is 3.35. The third-order valence-corrected chi connectivity index (χ3v) is 5.42. The van der Waals surface area contributed by atoms with Crippen molar-refractivity contribution in [1.29, 1.82) is 0 Å². The van der Waals surface area contributed by atoms with Crippen molar-refractivity contribution < 1.29 is 14.2 Å². The predicted molar refractivity (Wildman–Crippen MR) is 125 cm³/mol. The lowest BCUT2D eigenvalue weighted by atomic mass is 10.1. The Morgan fingerprint density at radius 3 is 2.37 bits per heavy atom. The van der Waals surface area contributed by atoms with Crippen molar-refractivity contribution in [2.45, 2.75) is 26.5 Å². The van der Waals surface area contributed by atoms with Gasteiger partial charge >= 0.3 is 0 Å². The summed E-state index contributed by atoms with van der Waals surface area (Å²) >= 11 is 3.64. The Labute approximate surface area is 187 Å². The molecule has 158 valence electrons. The Bertz CT molecular complexity index is 957. The van der Waals surface area contributed by atoms with E-state index in [0.717, 1.165) is 52.4 Å². The molecule has 0 fully saturated rings. The summed E-state index contributed by atoms with van der Waals surface area (Å²) in [5.74, 6) is 2.33. The summed E-state index contributed by atoms with van der Waals surface area (Å²) in [6.45, 7) is 4.22. The summed E-state index contributed by atoms with van der Waals surface area (Å²) in [5.41, 5.74) is 4.77. The highest BCUT2D eigenvalue weighted by Gasteiger charge is 2.12. The Hall–Kier alpha value is -2.50. The van der Waals surface area contributed by atoms with Crippen molar-refractivity contribution in [2.24, 2.45) is 0 Å². The number of hydrogen-bond donors (Lipinski definition) is 1. The molecule has 3 aromatic rings. The molecule has 0 radical (unpaired) electrons. The Kier molecular flexibility index (Phi) is 8.17. The number of methoxy groups -OCH3 is 2. The zero-order valence-electron chi connectivity index (χ0n) is 17.7. The molecule has 0 atom stereocenters. The molecule has 3 aromatic carbocycles. The second-order valence-corrected chi connectivity index (χ2v) is 8.02. The number of ether oxygens (including phenoxy) is 3. The van der Waals surface area contributed by atoms with Gasteiger partial charge in [-0.2, -0.15) is 0 Å². The van der Waals surface area contributed by atoms with E-state index in [1.807, 2.05) is 24.3 Å². The van der Waals surface area contributed by atoms with E-state index in [9.17, 15) is 0 Å². The van der Waals surface area contributed by atoms with Gasteiger partial charge in [0.2, 0.25) is 0 Å². The number of rotatable bonds is 10. The molecule has 1 N–H and O–H groups in total. The van der Waals surface area contributed by atoms with Gasteiger partial charge in [-0.1, -0.05) is 42.0 Å². The maximum atomic E-state index is 6.05. The number of benzene rings is 3. The molecule has 0 aliphatic carbocycles. The zero-order chi connectivity index (χ0) is 21.3. The third-order valence-electron chi connectivity index (χ3n) is 4.83. The molecular weight excluding hydrogens is 442 g/mol. The first kappa shape index (κ1) is 22.2. The van der Waals surface area contributed by atoms with Crippen molar-refractivity contribution in [2.75, 3.05) is 20.8 Å². The molecule has 30 heavy (non-hydrogen) atoms. The quantitative estimate of drug-likeness (QED) is 0.387. The summed E-state index contributed by atoms with van der Waals surface area (Å²) < 4.78 is 17.7. The van der Waals surface area contributed by atoms with E-state index in [0.29, 0.717) is 6.61 Å². The highest BCUT2D eigenvalue weighted by Crippen LogP contribution is 2.37. The summed E-state index contributed by atoms with van der Waals surface area (Å²) in [4.78, 5) is 0. The van der Waals surface area contributed by atoms with Gasteiger partial charge < -0.3 is 19.5 Å². The van der Waals surface area contributed by atoms with Crippen molar-refractivity contribution in [3.05, 3.63) is 87.4 Å². The maximum Gasteiger partial charge on any atom is 0.175 e. The monoisotopic (exact) mass is 469 g/mol. The first-order valence-corrected chi connectivity index (χ1v) is 10.8. The molecule has 0 saturated heterocycles. The summed E-state index contributed by atoms with van der Waals surface area (Å²) in [5, 5.41) is 3.49. The molecule has 3 rings (SSSR count). The van der Waals surface area contributed by atoms with Gasteiger partial charge in [0.05, 0.1) is 18.7 Å². The molecule has 0 saturated carbocycles. The lowest BCUT2D eigenvalue weighted by molar-refractivity contribution is 0.282. The van der Waals surface area contributed by atoms with Crippen LogP contribution < -0.4 is 19.5 Å². The molecule has 0 spiro atoms. The second kappa shape index (κ2) is 11.0. The largest absolute Gasteiger partial charge is 0.497 e. The number of halogens is 1. The van der Waals surface area contributed by atoms with Crippen LogP contribution in [0.5, 0.6) is 17.2 Å². The zero-order valence-corrected chi connectivity index (χ0v) is 19.3. The molecule has 0 bridgehead atoms. The van der Waals surface area contributed by atoms with Crippen LogP contribution in [0.4, 0.5) is 0 Å². The van der Waals surface area contributed by atoms with Crippen LogP contribution in [-0.4, -0.2) is 20.8 Å². The molecule has 0 aromatic heterocycles. The van der Waals surface area contributed by atoms with Crippen molar-refractivity contribution in [1.82, 2.24) is 5.32 Å². The fraction of sp³-hybridized carbons (Fsp3) is 0.280. The molecule has 0 amide bonds. The van der Waals surface area contributed by atoms with Crippen LogP contribution in [0.3, 0.4) is 0 Å². The van der Waals surface area contributed by atoms with Crippen LogP contribution in [-0.2, 0) is 19.6 Å². The molecule has 5 heteroatoms. The molecule has 0 aliphatic heterocycles. The Morgan fingerprint density at radius 2 is 1.67 bits per heavy atom. The first-order chi connectivity index (χ1) is 14.6. The highest BCUT2D eigenvalue weighted by molar-refractivity contribution is 9.10. The molecule has 0 heterocycles. The normalized spacial score (nSPS) is 10.7. The van der Waals surface area contributed by atoms with Crippen molar-refractivity contribution in [3.63, 3.8) is 0 Å². The van der Waals surface area contributed by atoms with Crippen LogP contribution >= 0.6 is 15.9 Å². The minimum atomic E-state index is 0.496. The molecule has 0 aliphatic rings. The van der Waals surface area contributed by atoms with Crippen molar-refractivity contribution >= 4 is 15.9 Å². The van der Waals surface area contributed by atoms with Crippen LogP contribution in [0.1, 0.15) is 22.3 Å². The van der Waals surface area contributed by atoms with Gasteiger partial charge in [0.1, 0.15) is 12.4 Å². The minimum Gasteiger partial charge on any atom is -0.497 e. The van der Waals surface area contributed by atoms with Gasteiger partial charge in [-0.05, 0) is 76.8 Å². The Morgan fingerprint density at radius 1 is 0.867 bits per heavy atom. The lowest BCUT2D eigenvalue weighted by Gasteiger charge is -2.15. The van der Waals surface area contributed by atoms with Gasteiger partial charge in [0.25, 0.3) is 0 Å². The van der Waals surface area contributed by atoms with Gasteiger partial charge in [0.15, 0.2) is 11.5 Å². The number of hydrogen-bond acceptors (Lipinski definition) is 4. The van der Waals surface area contributed by atoms with Crippen LogP contribution in [0.15, 0.2) is 65.1 Å². The SMILES string of the molecule is COc1ccc(CCNCc2cc(Br)c(OCc3cccc(C)c3)c(OC)c2)cc1. The summed E-state index contributed by atoms with van der Waals surface area (Å²) in [6.07, 6.45) is 0.958. The first-order valence-electron chi connectivity index (χ1n) is 9.97. The molecule has 0 unspecified atom stereocenters. The molecule has 4 nitrogen and oxygen atoms in total. The van der Waals surface area contributed by atoms with Crippen LogP contribution in [0.2, 0.25) is 0 Å². The van der Waals surface area contributed by atoms with Gasteiger partial charge in [-0.15, -0.1) is 0 Å². The standard InChI is InChI=1S/C25H28BrNO3/c1-18-5-4-6-20(13-18)17-30-25-23(26)14-21(15-24(25)29-3)16-27-12-11-19-7-9-22(28-2)10-8-19/h4-10,13-15,27H,11-12,16-17H2,1-3H3. The van der Waals surface area contributed by atoms with E-state index >= 15 is 0 Å². The lowest BCUT2D eigenvalue weighted by Crippen LogP contribution is -2.16. The smallest absolute Gasteiger partial charge is 0.175 e. The number of nitrogens with one attached hydrogen (secondary N) is 1. The van der Waals surface area contributed by atoms with E-state index in [1.54, 1.807) is 14.2 Å². The van der Waals surface area contributed by atoms with Gasteiger partial charge in [-0.25, -0.2) is 0 Å². The topological polar surface area (TPSA) is 39.7 Å². The average molecular weight is 470 g/mol. The third kappa shape index (κ3) is 6.25. The van der Waals surface area contributed by atoms with Crippen LogP contribution in [0.25, 0.3) is 0 Å². The van der Waals surface area contributed by atoms with Gasteiger partial charge in [0, 0.05) is 6.54 Å². The number of aryl methyl sites for hydroxylation is 1. The highest BCUT2D eigenvalue weighted by atomic mass is 79.9. The van der Waals surface area contributed by atoms with Crippen molar-refractivity contribution in [3.8, 4) is 17.2 Å². The predicted octanol–water partition coefficient (Wildman–Crippen LogP) is 5.69. The fourth-order valence-corrected chi connectivity index (χ4v) is 3.83. The van der Waals surface area contributed by atoms with E-state index in [2.05, 4.69) is 64.6 Å².